The summed E-state index contributed by atoms with van der Waals surface area (Å²) in [5.74, 6) is 0.142. The van der Waals surface area contributed by atoms with E-state index in [-0.39, 0.29) is 11.7 Å². The van der Waals surface area contributed by atoms with Crippen molar-refractivity contribution in [3.8, 4) is 0 Å². The van der Waals surface area contributed by atoms with Crippen LogP contribution in [0.3, 0.4) is 0 Å². The van der Waals surface area contributed by atoms with Crippen molar-refractivity contribution in [3.63, 3.8) is 0 Å². The number of nitrogens with zero attached hydrogens (tertiary/aromatic N) is 1. The quantitative estimate of drug-likeness (QED) is 0.858. The fraction of sp³-hybridized carbons (Fsp3) is 0.533. The van der Waals surface area contributed by atoms with Gasteiger partial charge in [0.05, 0.1) is 0 Å². The van der Waals surface area contributed by atoms with Crippen molar-refractivity contribution in [3.05, 3.63) is 35.6 Å². The Hall–Kier alpha value is -1.42. The number of benzene rings is 1. The molecule has 1 aromatic rings. The first-order chi connectivity index (χ1) is 8.91. The zero-order valence-electron chi connectivity index (χ0n) is 12.1. The summed E-state index contributed by atoms with van der Waals surface area (Å²) in [7, 11) is 3.63. The van der Waals surface area contributed by atoms with Crippen molar-refractivity contribution in [1.82, 2.24) is 10.2 Å². The zero-order valence-corrected chi connectivity index (χ0v) is 12.1. The predicted octanol–water partition coefficient (Wildman–Crippen LogP) is 2.59. The Bertz CT molecular complexity index is 418. The summed E-state index contributed by atoms with van der Waals surface area (Å²) in [5, 5.41) is 2.91. The normalized spacial score (nSPS) is 12.8. The fourth-order valence-electron chi connectivity index (χ4n) is 1.94. The molecule has 0 aromatic heterocycles. The van der Waals surface area contributed by atoms with Crippen LogP contribution in [0.1, 0.15) is 31.9 Å². The Balaban J connectivity index is 2.75. The first-order valence-electron chi connectivity index (χ1n) is 6.61. The Labute approximate surface area is 114 Å². The summed E-state index contributed by atoms with van der Waals surface area (Å²) >= 11 is 0. The van der Waals surface area contributed by atoms with Gasteiger partial charge in [-0.15, -0.1) is 0 Å². The molecule has 1 unspecified atom stereocenters. The Morgan fingerprint density at radius 3 is 2.58 bits per heavy atom. The summed E-state index contributed by atoms with van der Waals surface area (Å²) in [4.78, 5) is 14.0. The molecule has 0 spiro atoms. The molecule has 3 nitrogen and oxygen atoms in total. The molecule has 0 aliphatic rings. The van der Waals surface area contributed by atoms with E-state index >= 15 is 0 Å². The molecule has 1 aromatic carbocycles. The number of carbonyl (C=O) groups excluding carboxylic acids is 1. The van der Waals surface area contributed by atoms with Gasteiger partial charge in [-0.3, -0.25) is 9.69 Å². The molecule has 0 saturated carbocycles. The highest BCUT2D eigenvalue weighted by atomic mass is 19.1. The Kier molecular flexibility index (Phi) is 5.96. The molecule has 4 heteroatoms. The van der Waals surface area contributed by atoms with Gasteiger partial charge in [-0.1, -0.05) is 26.0 Å². The van der Waals surface area contributed by atoms with Gasteiger partial charge in [0.25, 0.3) is 0 Å². The number of likely N-dealkylation sites (N-methyl/N-ethyl adjacent to an activating group) is 1. The van der Waals surface area contributed by atoms with Gasteiger partial charge in [0, 0.05) is 6.54 Å². The zero-order chi connectivity index (χ0) is 14.4. The highest BCUT2D eigenvalue weighted by molar-refractivity contribution is 5.83. The van der Waals surface area contributed by atoms with Gasteiger partial charge in [0.1, 0.15) is 11.9 Å². The molecule has 0 radical (unpaired) electrons. The lowest BCUT2D eigenvalue weighted by Gasteiger charge is -2.24. The molecular formula is C15H23FN2O. The van der Waals surface area contributed by atoms with E-state index in [1.165, 1.54) is 12.1 Å². The lowest BCUT2D eigenvalue weighted by Crippen LogP contribution is -2.37. The van der Waals surface area contributed by atoms with Gasteiger partial charge >= 0.3 is 0 Å². The van der Waals surface area contributed by atoms with E-state index in [1.807, 2.05) is 14.1 Å². The molecule has 106 valence electrons. The highest BCUT2D eigenvalue weighted by Crippen LogP contribution is 2.19. The monoisotopic (exact) mass is 266 g/mol. The first kappa shape index (κ1) is 15.6. The van der Waals surface area contributed by atoms with E-state index in [0.717, 1.165) is 6.42 Å². The average molecular weight is 266 g/mol. The number of nitrogens with one attached hydrogen (secondary N) is 1. The summed E-state index contributed by atoms with van der Waals surface area (Å²) in [5.41, 5.74) is 0.673. The van der Waals surface area contributed by atoms with Crippen LogP contribution >= 0.6 is 0 Å². The van der Waals surface area contributed by atoms with Crippen molar-refractivity contribution < 1.29 is 9.18 Å². The molecular weight excluding hydrogens is 243 g/mol. The van der Waals surface area contributed by atoms with Gasteiger partial charge in [0.15, 0.2) is 0 Å². The smallest absolute Gasteiger partial charge is 0.241 e. The molecule has 1 atom stereocenters. The van der Waals surface area contributed by atoms with Crippen LogP contribution in [0.4, 0.5) is 4.39 Å². The standard InChI is InChI=1S/C15H23FN2O/c1-11(2)8-9-17-15(19)14(18(3)4)12-6-5-7-13(16)10-12/h5-7,10-11,14H,8-9H2,1-4H3,(H,17,19). The number of rotatable bonds is 6. The van der Waals surface area contributed by atoms with Crippen LogP contribution in [0.5, 0.6) is 0 Å². The maximum atomic E-state index is 13.3. The minimum Gasteiger partial charge on any atom is -0.354 e. The van der Waals surface area contributed by atoms with Crippen LogP contribution in [0, 0.1) is 11.7 Å². The summed E-state index contributed by atoms with van der Waals surface area (Å²) in [6.07, 6.45) is 0.940. The van der Waals surface area contributed by atoms with E-state index in [1.54, 1.807) is 17.0 Å². The molecule has 0 heterocycles. The van der Waals surface area contributed by atoms with Crippen LogP contribution in [-0.4, -0.2) is 31.4 Å². The van der Waals surface area contributed by atoms with Crippen LogP contribution in [0.15, 0.2) is 24.3 Å². The molecule has 0 saturated heterocycles. The van der Waals surface area contributed by atoms with E-state index in [9.17, 15) is 9.18 Å². The van der Waals surface area contributed by atoms with Crippen molar-refractivity contribution in [2.24, 2.45) is 5.92 Å². The maximum absolute atomic E-state index is 13.3. The molecule has 0 aliphatic heterocycles. The van der Waals surface area contributed by atoms with Crippen LogP contribution in [0.2, 0.25) is 0 Å². The van der Waals surface area contributed by atoms with Crippen molar-refractivity contribution in [1.29, 1.82) is 0 Å². The third kappa shape index (κ3) is 4.99. The molecule has 19 heavy (non-hydrogen) atoms. The van der Waals surface area contributed by atoms with E-state index in [4.69, 9.17) is 0 Å². The molecule has 1 N–H and O–H groups in total. The lowest BCUT2D eigenvalue weighted by molar-refractivity contribution is -0.125. The SMILES string of the molecule is CC(C)CCNC(=O)C(c1cccc(F)c1)N(C)C. The molecule has 1 amide bonds. The minimum absolute atomic E-state index is 0.0868. The number of hydrogen-bond acceptors (Lipinski definition) is 2. The number of carbonyl (C=O) groups is 1. The van der Waals surface area contributed by atoms with Gasteiger partial charge in [-0.2, -0.15) is 0 Å². The van der Waals surface area contributed by atoms with Crippen LogP contribution in [-0.2, 0) is 4.79 Å². The number of amides is 1. The minimum atomic E-state index is -0.456. The highest BCUT2D eigenvalue weighted by Gasteiger charge is 2.22. The second-order valence-corrected chi connectivity index (χ2v) is 5.39. The summed E-state index contributed by atoms with van der Waals surface area (Å²) < 4.78 is 13.3. The van der Waals surface area contributed by atoms with Gasteiger partial charge in [-0.05, 0) is 44.1 Å². The van der Waals surface area contributed by atoms with Crippen LogP contribution in [0.25, 0.3) is 0 Å². The topological polar surface area (TPSA) is 32.3 Å². The van der Waals surface area contributed by atoms with E-state index in [0.29, 0.717) is 18.0 Å². The van der Waals surface area contributed by atoms with Gasteiger partial charge < -0.3 is 5.32 Å². The Morgan fingerprint density at radius 1 is 1.37 bits per heavy atom. The van der Waals surface area contributed by atoms with Crippen LogP contribution < -0.4 is 5.32 Å². The third-order valence-corrected chi connectivity index (χ3v) is 2.95. The molecule has 0 aliphatic carbocycles. The average Bonchev–Trinajstić information content (AvgIpc) is 2.28. The second kappa shape index (κ2) is 7.24. The lowest BCUT2D eigenvalue weighted by atomic mass is 10.0. The van der Waals surface area contributed by atoms with E-state index < -0.39 is 6.04 Å². The van der Waals surface area contributed by atoms with Gasteiger partial charge in [0.2, 0.25) is 5.91 Å². The van der Waals surface area contributed by atoms with Gasteiger partial charge in [-0.25, -0.2) is 4.39 Å². The van der Waals surface area contributed by atoms with Crippen molar-refractivity contribution in [2.45, 2.75) is 26.3 Å². The molecule has 1 rings (SSSR count). The first-order valence-corrected chi connectivity index (χ1v) is 6.61. The fourth-order valence-corrected chi connectivity index (χ4v) is 1.94. The largest absolute Gasteiger partial charge is 0.354 e. The maximum Gasteiger partial charge on any atom is 0.241 e. The Morgan fingerprint density at radius 2 is 2.05 bits per heavy atom. The molecule has 0 fully saturated rings. The summed E-state index contributed by atoms with van der Waals surface area (Å²) in [6.45, 7) is 4.88. The van der Waals surface area contributed by atoms with E-state index in [2.05, 4.69) is 19.2 Å². The summed E-state index contributed by atoms with van der Waals surface area (Å²) in [6, 6.07) is 5.74. The predicted molar refractivity (Wildman–Crippen MR) is 75.3 cm³/mol. The molecule has 0 bridgehead atoms. The third-order valence-electron chi connectivity index (χ3n) is 2.95. The second-order valence-electron chi connectivity index (χ2n) is 5.39. The van der Waals surface area contributed by atoms with Crippen molar-refractivity contribution >= 4 is 5.91 Å². The van der Waals surface area contributed by atoms with Crippen molar-refractivity contribution in [2.75, 3.05) is 20.6 Å². The number of hydrogen-bond donors (Lipinski definition) is 1. The number of halogens is 1.